The fraction of sp³-hybridized carbons (Fsp3) is 0.533. The molecule has 0 N–H and O–H groups in total. The lowest BCUT2D eigenvalue weighted by atomic mass is 9.43. The molecule has 0 saturated heterocycles. The summed E-state index contributed by atoms with van der Waals surface area (Å²) in [5.74, 6) is 3.55. The lowest BCUT2D eigenvalue weighted by Gasteiger charge is -2.62. The van der Waals surface area contributed by atoms with Crippen LogP contribution in [-0.4, -0.2) is 24.2 Å². The lowest BCUT2D eigenvalue weighted by molar-refractivity contribution is -0.0764. The average Bonchev–Trinajstić information content (AvgIpc) is 3.32. The Balaban J connectivity index is 1.61. The Morgan fingerprint density at radius 1 is 0.971 bits per heavy atom. The quantitative estimate of drug-likeness (QED) is 0.294. The van der Waals surface area contributed by atoms with E-state index in [1.54, 1.807) is 16.3 Å². The molecule has 5 atom stereocenters. The van der Waals surface area contributed by atoms with Crippen LogP contribution in [0.3, 0.4) is 0 Å². The summed E-state index contributed by atoms with van der Waals surface area (Å²) in [6, 6.07) is 8.75. The molecule has 5 heteroatoms. The summed E-state index contributed by atoms with van der Waals surface area (Å²) in [6.45, 7) is 7.60. The van der Waals surface area contributed by atoms with Crippen LogP contribution < -0.4 is 0 Å². The molecule has 4 saturated carbocycles. The Bertz CT molecular complexity index is 1110. The Morgan fingerprint density at radius 3 is 2.06 bits per heavy atom. The number of pyridine rings is 2. The van der Waals surface area contributed by atoms with Crippen LogP contribution in [0.15, 0.2) is 71.5 Å². The van der Waals surface area contributed by atoms with Crippen molar-refractivity contribution in [2.75, 3.05) is 6.16 Å². The minimum absolute atomic E-state index is 0.301. The molecule has 2 heterocycles. The van der Waals surface area contributed by atoms with Crippen LogP contribution in [0.2, 0.25) is 19.6 Å². The van der Waals surface area contributed by atoms with E-state index in [9.17, 15) is 0 Å². The summed E-state index contributed by atoms with van der Waals surface area (Å²) >= 11 is 0. The van der Waals surface area contributed by atoms with E-state index in [0.717, 1.165) is 30.1 Å². The van der Waals surface area contributed by atoms with Crippen LogP contribution in [0.25, 0.3) is 0 Å². The second-order valence-electron chi connectivity index (χ2n) is 12.9. The van der Waals surface area contributed by atoms with E-state index >= 15 is 0 Å². The minimum atomic E-state index is -1.46. The maximum Gasteiger partial charge on any atom is 0.0728 e. The standard InChI is InChI=1S/C30H40N2P2Si/c1-35(2,3)25-13-26(29-15-20-10-21(16-29)12-22(11-20)28(29)19-33)27(14-25)30(34,23-6-4-8-31-17-23)24-7-5-9-32-18-24/h4-9,13,17-18,20-22,28H,10-12,14-16,19,33-34H2,1-3H3. The predicted octanol–water partition coefficient (Wildman–Crippen LogP) is 7.42. The molecule has 35 heavy (non-hydrogen) atoms. The number of aromatic nitrogens is 2. The predicted molar refractivity (Wildman–Crippen MR) is 156 cm³/mol. The number of allylic oxidation sites excluding steroid dienone is 4. The first-order chi connectivity index (χ1) is 16.8. The first-order valence-corrected chi connectivity index (χ1v) is 18.4. The normalized spacial score (nSPS) is 32.3. The van der Waals surface area contributed by atoms with Gasteiger partial charge in [-0.15, -0.1) is 18.5 Å². The van der Waals surface area contributed by atoms with Gasteiger partial charge < -0.3 is 0 Å². The third kappa shape index (κ3) is 3.79. The van der Waals surface area contributed by atoms with Gasteiger partial charge in [-0.2, -0.15) is 0 Å². The van der Waals surface area contributed by atoms with Crippen molar-refractivity contribution in [2.24, 2.45) is 29.1 Å². The first-order valence-electron chi connectivity index (χ1n) is 13.5. The Hall–Kier alpha value is -1.14. The van der Waals surface area contributed by atoms with Crippen molar-refractivity contribution in [3.05, 3.63) is 82.6 Å². The molecule has 2 aromatic heterocycles. The van der Waals surface area contributed by atoms with Gasteiger partial charge in [-0.05, 0) is 108 Å². The highest BCUT2D eigenvalue weighted by Crippen LogP contribution is 2.68. The van der Waals surface area contributed by atoms with Crippen molar-refractivity contribution in [3.63, 3.8) is 0 Å². The summed E-state index contributed by atoms with van der Waals surface area (Å²) in [5, 5.41) is 1.42. The van der Waals surface area contributed by atoms with Crippen LogP contribution in [0, 0.1) is 29.1 Å². The summed E-state index contributed by atoms with van der Waals surface area (Å²) in [4.78, 5) is 9.19. The van der Waals surface area contributed by atoms with E-state index < -0.39 is 8.07 Å². The van der Waals surface area contributed by atoms with Crippen molar-refractivity contribution in [3.8, 4) is 0 Å². The summed E-state index contributed by atoms with van der Waals surface area (Å²) in [6.07, 6.45) is 20.3. The number of nitrogens with zero attached hydrogens (tertiary/aromatic N) is 2. The lowest BCUT2D eigenvalue weighted by Crippen LogP contribution is -2.54. The van der Waals surface area contributed by atoms with Crippen molar-refractivity contribution in [1.82, 2.24) is 9.97 Å². The fourth-order valence-corrected chi connectivity index (χ4v) is 11.3. The second-order valence-corrected chi connectivity index (χ2v) is 19.4. The summed E-state index contributed by atoms with van der Waals surface area (Å²) in [5.41, 5.74) is 6.20. The van der Waals surface area contributed by atoms with E-state index in [-0.39, 0.29) is 5.16 Å². The van der Waals surface area contributed by atoms with Crippen molar-refractivity contribution < 1.29 is 0 Å². The molecule has 0 aromatic carbocycles. The zero-order valence-electron chi connectivity index (χ0n) is 21.5. The van der Waals surface area contributed by atoms with Crippen LogP contribution in [0.5, 0.6) is 0 Å². The van der Waals surface area contributed by atoms with Crippen molar-refractivity contribution in [2.45, 2.75) is 63.3 Å². The molecule has 0 spiro atoms. The van der Waals surface area contributed by atoms with Crippen LogP contribution in [-0.2, 0) is 5.16 Å². The van der Waals surface area contributed by atoms with Gasteiger partial charge in [0.05, 0.1) is 13.2 Å². The first kappa shape index (κ1) is 24.2. The van der Waals surface area contributed by atoms with Crippen LogP contribution >= 0.6 is 18.5 Å². The van der Waals surface area contributed by atoms with E-state index in [1.165, 1.54) is 49.4 Å². The molecule has 5 unspecified atom stereocenters. The Morgan fingerprint density at radius 2 is 1.57 bits per heavy atom. The van der Waals surface area contributed by atoms with E-state index in [0.29, 0.717) is 5.41 Å². The smallest absolute Gasteiger partial charge is 0.0728 e. The molecule has 0 amide bonds. The summed E-state index contributed by atoms with van der Waals surface area (Å²) < 4.78 is 0. The van der Waals surface area contributed by atoms with E-state index in [2.05, 4.69) is 90.8 Å². The largest absolute Gasteiger partial charge is 0.264 e. The molecule has 5 aliphatic carbocycles. The molecule has 7 rings (SSSR count). The number of hydrogen-bond acceptors (Lipinski definition) is 2. The van der Waals surface area contributed by atoms with Crippen molar-refractivity contribution >= 4 is 26.6 Å². The minimum Gasteiger partial charge on any atom is -0.264 e. The van der Waals surface area contributed by atoms with Gasteiger partial charge in [-0.25, -0.2) is 0 Å². The van der Waals surface area contributed by atoms with Gasteiger partial charge in [0, 0.05) is 24.8 Å². The second kappa shape index (κ2) is 8.71. The highest BCUT2D eigenvalue weighted by Gasteiger charge is 2.59. The molecule has 2 nitrogen and oxygen atoms in total. The number of rotatable bonds is 6. The Kier molecular flexibility index (Phi) is 6.03. The molecule has 2 aromatic rings. The zero-order valence-corrected chi connectivity index (χ0v) is 24.8. The molecule has 0 radical (unpaired) electrons. The van der Waals surface area contributed by atoms with E-state index in [1.807, 2.05) is 12.4 Å². The summed E-state index contributed by atoms with van der Waals surface area (Å²) in [7, 11) is 5.05. The van der Waals surface area contributed by atoms with Gasteiger partial charge in [0.2, 0.25) is 0 Å². The van der Waals surface area contributed by atoms with Gasteiger partial charge in [0.1, 0.15) is 0 Å². The highest BCUT2D eigenvalue weighted by molar-refractivity contribution is 7.19. The molecular formula is C30H40N2P2Si. The van der Waals surface area contributed by atoms with Crippen LogP contribution in [0.1, 0.15) is 49.7 Å². The SMILES string of the molecule is C[Si](C)(C)C1=CC(C23CC4CC(CC(C4)C2CP)C3)=C(C(P)(c2cccnc2)c2cccnc2)C1. The molecule has 184 valence electrons. The molecule has 4 fully saturated rings. The topological polar surface area (TPSA) is 25.8 Å². The van der Waals surface area contributed by atoms with Gasteiger partial charge in [-0.3, -0.25) is 9.97 Å². The monoisotopic (exact) mass is 518 g/mol. The van der Waals surface area contributed by atoms with Crippen molar-refractivity contribution in [1.29, 1.82) is 0 Å². The third-order valence-corrected chi connectivity index (χ3v) is 13.8. The van der Waals surface area contributed by atoms with Crippen LogP contribution in [0.4, 0.5) is 0 Å². The molecule has 5 aliphatic rings. The zero-order chi connectivity index (χ0) is 24.4. The van der Waals surface area contributed by atoms with Gasteiger partial charge in [-0.1, -0.05) is 43.0 Å². The van der Waals surface area contributed by atoms with Gasteiger partial charge in [0.25, 0.3) is 0 Å². The Labute approximate surface area is 217 Å². The maximum absolute atomic E-state index is 4.60. The third-order valence-electron chi connectivity index (χ3n) is 10.00. The van der Waals surface area contributed by atoms with E-state index in [4.69, 9.17) is 0 Å². The maximum atomic E-state index is 4.60. The fourth-order valence-electron chi connectivity index (χ4n) is 8.57. The molecule has 4 bridgehead atoms. The molecular weight excluding hydrogens is 478 g/mol. The molecule has 0 aliphatic heterocycles. The van der Waals surface area contributed by atoms with Gasteiger partial charge in [0.15, 0.2) is 0 Å². The number of hydrogen-bond donors (Lipinski definition) is 0. The highest BCUT2D eigenvalue weighted by atomic mass is 31.0. The van der Waals surface area contributed by atoms with Gasteiger partial charge >= 0.3 is 0 Å². The average molecular weight is 519 g/mol.